The summed E-state index contributed by atoms with van der Waals surface area (Å²) in [5.74, 6) is 0.0554. The molecule has 96 valence electrons. The maximum atomic E-state index is 11.3. The van der Waals surface area contributed by atoms with Crippen LogP contribution in [0.1, 0.15) is 11.3 Å². The van der Waals surface area contributed by atoms with Gasteiger partial charge in [-0.1, -0.05) is 0 Å². The number of amides is 1. The van der Waals surface area contributed by atoms with Gasteiger partial charge in [0.1, 0.15) is 0 Å². The highest BCUT2D eigenvalue weighted by Gasteiger charge is 2.02. The lowest BCUT2D eigenvalue weighted by atomic mass is 10.4. The van der Waals surface area contributed by atoms with Crippen LogP contribution in [0, 0.1) is 0 Å². The van der Waals surface area contributed by atoms with Crippen LogP contribution in [0.25, 0.3) is 0 Å². The lowest BCUT2D eigenvalue weighted by Gasteiger charge is -2.05. The molecule has 0 fully saturated rings. The van der Waals surface area contributed by atoms with E-state index < -0.39 is 0 Å². The first-order valence-corrected chi connectivity index (χ1v) is 7.09. The molecule has 1 rings (SSSR count). The number of rotatable bonds is 8. The summed E-state index contributed by atoms with van der Waals surface area (Å²) in [4.78, 5) is 12.6. The fraction of sp³-hybridized carbons (Fsp3) is 0.545. The Balaban J connectivity index is 2.04. The molecule has 1 aromatic rings. The Morgan fingerprint density at radius 2 is 2.35 bits per heavy atom. The first-order chi connectivity index (χ1) is 8.24. The predicted molar refractivity (Wildman–Crippen MR) is 73.2 cm³/mol. The molecule has 0 aliphatic carbocycles. The average molecular weight is 321 g/mol. The monoisotopic (exact) mass is 320 g/mol. The van der Waals surface area contributed by atoms with Crippen molar-refractivity contribution in [2.75, 3.05) is 26.8 Å². The Hall–Kier alpha value is -0.430. The van der Waals surface area contributed by atoms with Crippen LogP contribution in [0.2, 0.25) is 0 Å². The Kier molecular flexibility index (Phi) is 7.43. The molecule has 0 aliphatic heterocycles. The molecule has 0 atom stereocenters. The topological polar surface area (TPSA) is 50.4 Å². The van der Waals surface area contributed by atoms with E-state index in [0.29, 0.717) is 26.1 Å². The zero-order valence-electron chi connectivity index (χ0n) is 9.79. The highest BCUT2D eigenvalue weighted by Crippen LogP contribution is 2.21. The molecular weight excluding hydrogens is 304 g/mol. The molecule has 17 heavy (non-hydrogen) atoms. The van der Waals surface area contributed by atoms with Gasteiger partial charge < -0.3 is 15.4 Å². The van der Waals surface area contributed by atoms with Gasteiger partial charge in [-0.05, 0) is 27.4 Å². The third-order valence-corrected chi connectivity index (χ3v) is 4.06. The van der Waals surface area contributed by atoms with Gasteiger partial charge in [-0.2, -0.15) is 0 Å². The summed E-state index contributed by atoms with van der Waals surface area (Å²) in [7, 11) is 1.62. The number of nitrogens with one attached hydrogen (secondary N) is 2. The van der Waals surface area contributed by atoms with Crippen molar-refractivity contribution in [2.24, 2.45) is 0 Å². The fourth-order valence-corrected chi connectivity index (χ4v) is 2.70. The van der Waals surface area contributed by atoms with Crippen molar-refractivity contribution in [3.8, 4) is 0 Å². The molecule has 0 radical (unpaired) electrons. The molecular formula is C11H17BrN2O2S. The Morgan fingerprint density at radius 1 is 1.53 bits per heavy atom. The first kappa shape index (κ1) is 14.6. The second-order valence-electron chi connectivity index (χ2n) is 3.46. The number of hydrogen-bond donors (Lipinski definition) is 2. The van der Waals surface area contributed by atoms with Crippen LogP contribution in [0.4, 0.5) is 0 Å². The summed E-state index contributed by atoms with van der Waals surface area (Å²) in [6.45, 7) is 2.61. The van der Waals surface area contributed by atoms with Crippen molar-refractivity contribution in [1.29, 1.82) is 0 Å². The Morgan fingerprint density at radius 3 is 3.00 bits per heavy atom. The van der Waals surface area contributed by atoms with Crippen molar-refractivity contribution in [3.63, 3.8) is 0 Å². The van der Waals surface area contributed by atoms with Gasteiger partial charge in [0.05, 0.1) is 6.61 Å². The third kappa shape index (κ3) is 6.16. The molecule has 0 unspecified atom stereocenters. The van der Waals surface area contributed by atoms with Gasteiger partial charge in [0.2, 0.25) is 5.91 Å². The molecule has 1 aromatic heterocycles. The Bertz CT molecular complexity index is 344. The number of carbonyl (C=O) groups excluding carboxylic acids is 1. The number of hydrogen-bond acceptors (Lipinski definition) is 4. The van der Waals surface area contributed by atoms with Gasteiger partial charge >= 0.3 is 0 Å². The van der Waals surface area contributed by atoms with E-state index in [1.165, 1.54) is 4.88 Å². The molecule has 1 heterocycles. The molecule has 0 saturated carbocycles. The quantitative estimate of drug-likeness (QED) is 0.717. The SMILES string of the molecule is COCCNC(=O)CCNCc1sccc1Br. The van der Waals surface area contributed by atoms with E-state index in [1.807, 2.05) is 11.4 Å². The van der Waals surface area contributed by atoms with Crippen LogP contribution in [-0.2, 0) is 16.1 Å². The molecule has 0 bridgehead atoms. The number of thiophene rings is 1. The lowest BCUT2D eigenvalue weighted by Crippen LogP contribution is -2.29. The van der Waals surface area contributed by atoms with Gasteiger partial charge in [0.25, 0.3) is 0 Å². The fourth-order valence-electron chi connectivity index (χ4n) is 1.24. The predicted octanol–water partition coefficient (Wildman–Crippen LogP) is 1.75. The van der Waals surface area contributed by atoms with E-state index >= 15 is 0 Å². The van der Waals surface area contributed by atoms with Crippen LogP contribution >= 0.6 is 27.3 Å². The van der Waals surface area contributed by atoms with Crippen LogP contribution < -0.4 is 10.6 Å². The standard InChI is InChI=1S/C11H17BrN2O2S/c1-16-6-5-14-11(15)2-4-13-8-10-9(12)3-7-17-10/h3,7,13H,2,4-6,8H2,1H3,(H,14,15). The van der Waals surface area contributed by atoms with Gasteiger partial charge in [-0.25, -0.2) is 0 Å². The van der Waals surface area contributed by atoms with Crippen molar-refractivity contribution in [1.82, 2.24) is 10.6 Å². The van der Waals surface area contributed by atoms with Crippen LogP contribution in [0.5, 0.6) is 0 Å². The summed E-state index contributed by atoms with van der Waals surface area (Å²) in [6.07, 6.45) is 0.493. The van der Waals surface area contributed by atoms with Crippen LogP contribution in [0.15, 0.2) is 15.9 Å². The largest absolute Gasteiger partial charge is 0.383 e. The normalized spacial score (nSPS) is 10.5. The minimum absolute atomic E-state index is 0.0554. The lowest BCUT2D eigenvalue weighted by molar-refractivity contribution is -0.121. The van der Waals surface area contributed by atoms with E-state index in [1.54, 1.807) is 18.4 Å². The van der Waals surface area contributed by atoms with Crippen molar-refractivity contribution < 1.29 is 9.53 Å². The summed E-state index contributed by atoms with van der Waals surface area (Å²) in [5.41, 5.74) is 0. The highest BCUT2D eigenvalue weighted by molar-refractivity contribution is 9.10. The second kappa shape index (κ2) is 8.63. The number of methoxy groups -OCH3 is 1. The van der Waals surface area contributed by atoms with Crippen LogP contribution in [-0.4, -0.2) is 32.7 Å². The molecule has 0 aliphatic rings. The number of ether oxygens (including phenoxy) is 1. The van der Waals surface area contributed by atoms with E-state index in [9.17, 15) is 4.79 Å². The third-order valence-electron chi connectivity index (χ3n) is 2.13. The number of halogens is 1. The molecule has 0 aromatic carbocycles. The zero-order valence-corrected chi connectivity index (χ0v) is 12.2. The van der Waals surface area contributed by atoms with Crippen molar-refractivity contribution >= 4 is 33.2 Å². The van der Waals surface area contributed by atoms with Gasteiger partial charge in [-0.15, -0.1) is 11.3 Å². The van der Waals surface area contributed by atoms with E-state index in [0.717, 1.165) is 11.0 Å². The van der Waals surface area contributed by atoms with Crippen molar-refractivity contribution in [2.45, 2.75) is 13.0 Å². The molecule has 1 amide bonds. The maximum absolute atomic E-state index is 11.3. The summed E-state index contributed by atoms with van der Waals surface area (Å²) >= 11 is 5.17. The van der Waals surface area contributed by atoms with Gasteiger partial charge in [0.15, 0.2) is 0 Å². The van der Waals surface area contributed by atoms with Gasteiger partial charge in [0, 0.05) is 42.5 Å². The summed E-state index contributed by atoms with van der Waals surface area (Å²) in [6, 6.07) is 2.03. The maximum Gasteiger partial charge on any atom is 0.221 e. The first-order valence-electron chi connectivity index (χ1n) is 5.42. The minimum atomic E-state index is 0.0554. The minimum Gasteiger partial charge on any atom is -0.383 e. The number of carbonyl (C=O) groups is 1. The zero-order chi connectivity index (χ0) is 12.5. The molecule has 0 spiro atoms. The molecule has 2 N–H and O–H groups in total. The van der Waals surface area contributed by atoms with Crippen molar-refractivity contribution in [3.05, 3.63) is 20.8 Å². The van der Waals surface area contributed by atoms with Crippen LogP contribution in [0.3, 0.4) is 0 Å². The van der Waals surface area contributed by atoms with E-state index in [2.05, 4.69) is 26.6 Å². The van der Waals surface area contributed by atoms with Gasteiger partial charge in [-0.3, -0.25) is 4.79 Å². The highest BCUT2D eigenvalue weighted by atomic mass is 79.9. The summed E-state index contributed by atoms with van der Waals surface area (Å²) in [5, 5.41) is 8.06. The van der Waals surface area contributed by atoms with E-state index in [4.69, 9.17) is 4.74 Å². The molecule has 4 nitrogen and oxygen atoms in total. The average Bonchev–Trinajstić information content (AvgIpc) is 2.71. The second-order valence-corrected chi connectivity index (χ2v) is 5.32. The molecule has 0 saturated heterocycles. The van der Waals surface area contributed by atoms with E-state index in [-0.39, 0.29) is 5.91 Å². The smallest absolute Gasteiger partial charge is 0.221 e. The Labute approximate surface area is 114 Å². The summed E-state index contributed by atoms with van der Waals surface area (Å²) < 4.78 is 5.97. The molecule has 6 heteroatoms.